The lowest BCUT2D eigenvalue weighted by Gasteiger charge is -2.23. The molecule has 0 radical (unpaired) electrons. The molecule has 0 unspecified atom stereocenters. The third kappa shape index (κ3) is 5.09. The van der Waals surface area contributed by atoms with Crippen LogP contribution in [-0.4, -0.2) is 36.2 Å². The highest BCUT2D eigenvalue weighted by molar-refractivity contribution is 5.78. The van der Waals surface area contributed by atoms with Gasteiger partial charge in [0.2, 0.25) is 5.91 Å². The summed E-state index contributed by atoms with van der Waals surface area (Å²) < 4.78 is 0. The van der Waals surface area contributed by atoms with Gasteiger partial charge in [0.1, 0.15) is 0 Å². The molecule has 0 atom stereocenters. The quantitative estimate of drug-likeness (QED) is 0.526. The van der Waals surface area contributed by atoms with Crippen molar-refractivity contribution in [2.45, 2.75) is 26.3 Å². The molecule has 0 fully saturated rings. The molecule has 0 aliphatic heterocycles. The maximum atomic E-state index is 11.1. The zero-order chi connectivity index (χ0) is 9.61. The fourth-order valence-corrected chi connectivity index (χ4v) is 0.700. The zero-order valence-electron chi connectivity index (χ0n) is 7.98. The second kappa shape index (κ2) is 5.11. The Morgan fingerprint density at radius 1 is 1.50 bits per heavy atom. The van der Waals surface area contributed by atoms with E-state index >= 15 is 0 Å². The zero-order valence-corrected chi connectivity index (χ0v) is 7.98. The van der Waals surface area contributed by atoms with Gasteiger partial charge in [-0.2, -0.15) is 0 Å². The highest BCUT2D eigenvalue weighted by Gasteiger charge is 2.18. The molecule has 0 aliphatic rings. The molecule has 4 heteroatoms. The molecule has 0 bridgehead atoms. The number of carbonyl (C=O) groups is 1. The van der Waals surface area contributed by atoms with Gasteiger partial charge >= 0.3 is 0 Å². The number of aliphatic hydroxyl groups excluding tert-OH is 1. The Kier molecular flexibility index (Phi) is 4.85. The largest absolute Gasteiger partial charge is 0.394 e. The van der Waals surface area contributed by atoms with E-state index in [0.717, 1.165) is 6.54 Å². The van der Waals surface area contributed by atoms with Crippen molar-refractivity contribution >= 4 is 5.91 Å². The fraction of sp³-hybridized carbons (Fsp3) is 0.875. The molecule has 0 aromatic heterocycles. The summed E-state index contributed by atoms with van der Waals surface area (Å²) in [6.07, 6.45) is 0. The highest BCUT2D eigenvalue weighted by Crippen LogP contribution is 1.98. The number of hydrogen-bond acceptors (Lipinski definition) is 3. The molecule has 12 heavy (non-hydrogen) atoms. The number of amides is 1. The Balaban J connectivity index is 3.68. The molecule has 0 saturated heterocycles. The first-order valence-corrected chi connectivity index (χ1v) is 4.14. The van der Waals surface area contributed by atoms with Crippen LogP contribution in [0.2, 0.25) is 0 Å². The topological polar surface area (TPSA) is 61.4 Å². The number of carbonyl (C=O) groups excluding carboxylic acids is 1. The van der Waals surface area contributed by atoms with Gasteiger partial charge in [-0.3, -0.25) is 4.79 Å². The minimum Gasteiger partial charge on any atom is -0.394 e. The standard InChI is InChI=1S/C8H18N2O2/c1-4-9-5-7(12)10-8(2,3)6-11/h9,11H,4-6H2,1-3H3,(H,10,12). The van der Waals surface area contributed by atoms with Crippen molar-refractivity contribution in [3.8, 4) is 0 Å². The Morgan fingerprint density at radius 3 is 2.50 bits per heavy atom. The van der Waals surface area contributed by atoms with Crippen LogP contribution < -0.4 is 10.6 Å². The van der Waals surface area contributed by atoms with Gasteiger partial charge in [0, 0.05) is 0 Å². The second-order valence-electron chi connectivity index (χ2n) is 3.37. The van der Waals surface area contributed by atoms with E-state index in [1.165, 1.54) is 0 Å². The van der Waals surface area contributed by atoms with Crippen LogP contribution in [0.5, 0.6) is 0 Å². The molecule has 0 aromatic rings. The monoisotopic (exact) mass is 174 g/mol. The second-order valence-corrected chi connectivity index (χ2v) is 3.37. The summed E-state index contributed by atoms with van der Waals surface area (Å²) in [6.45, 7) is 6.51. The summed E-state index contributed by atoms with van der Waals surface area (Å²) in [5.41, 5.74) is -0.521. The molecule has 0 saturated carbocycles. The first-order chi connectivity index (χ1) is 5.52. The van der Waals surface area contributed by atoms with E-state index in [9.17, 15) is 4.79 Å². The first-order valence-electron chi connectivity index (χ1n) is 4.14. The molecule has 72 valence electrons. The Bertz CT molecular complexity index is 146. The van der Waals surface area contributed by atoms with Crippen LogP contribution in [0.3, 0.4) is 0 Å². The normalized spacial score (nSPS) is 11.3. The molecule has 0 rings (SSSR count). The van der Waals surface area contributed by atoms with Gasteiger partial charge in [0.15, 0.2) is 0 Å². The molecule has 0 heterocycles. The van der Waals surface area contributed by atoms with Crippen LogP contribution in [0.15, 0.2) is 0 Å². The lowest BCUT2D eigenvalue weighted by Crippen LogP contribution is -2.49. The minimum absolute atomic E-state index is 0.0507. The molecular weight excluding hydrogens is 156 g/mol. The van der Waals surface area contributed by atoms with Crippen LogP contribution in [0.1, 0.15) is 20.8 Å². The van der Waals surface area contributed by atoms with Crippen molar-refractivity contribution < 1.29 is 9.90 Å². The minimum atomic E-state index is -0.521. The summed E-state index contributed by atoms with van der Waals surface area (Å²) in [7, 11) is 0. The van der Waals surface area contributed by atoms with E-state index in [0.29, 0.717) is 6.54 Å². The van der Waals surface area contributed by atoms with Gasteiger partial charge in [-0.05, 0) is 20.4 Å². The van der Waals surface area contributed by atoms with Crippen molar-refractivity contribution in [3.63, 3.8) is 0 Å². The van der Waals surface area contributed by atoms with E-state index in [1.807, 2.05) is 6.92 Å². The summed E-state index contributed by atoms with van der Waals surface area (Å²) in [6, 6.07) is 0. The average Bonchev–Trinajstić information content (AvgIpc) is 2.00. The summed E-state index contributed by atoms with van der Waals surface area (Å²) in [4.78, 5) is 11.1. The van der Waals surface area contributed by atoms with Gasteiger partial charge in [-0.25, -0.2) is 0 Å². The fourth-order valence-electron chi connectivity index (χ4n) is 0.700. The number of aliphatic hydroxyl groups is 1. The predicted molar refractivity (Wildman–Crippen MR) is 47.9 cm³/mol. The Hall–Kier alpha value is -0.610. The van der Waals surface area contributed by atoms with Crippen LogP contribution >= 0.6 is 0 Å². The van der Waals surface area contributed by atoms with Gasteiger partial charge in [-0.1, -0.05) is 6.92 Å². The van der Waals surface area contributed by atoms with Crippen LogP contribution in [-0.2, 0) is 4.79 Å². The van der Waals surface area contributed by atoms with E-state index in [1.54, 1.807) is 13.8 Å². The summed E-state index contributed by atoms with van der Waals surface area (Å²) in [5, 5.41) is 14.4. The maximum absolute atomic E-state index is 11.1. The summed E-state index contributed by atoms with van der Waals surface area (Å²) in [5.74, 6) is -0.0871. The molecular formula is C8H18N2O2. The van der Waals surface area contributed by atoms with Crippen molar-refractivity contribution in [2.75, 3.05) is 19.7 Å². The first kappa shape index (κ1) is 11.4. The Labute approximate surface area is 73.3 Å². The third-order valence-corrected chi connectivity index (χ3v) is 1.41. The molecule has 0 spiro atoms. The Morgan fingerprint density at radius 2 is 2.08 bits per heavy atom. The molecule has 1 amide bonds. The van der Waals surface area contributed by atoms with Gasteiger partial charge in [-0.15, -0.1) is 0 Å². The third-order valence-electron chi connectivity index (χ3n) is 1.41. The lowest BCUT2D eigenvalue weighted by atomic mass is 10.1. The van der Waals surface area contributed by atoms with E-state index in [4.69, 9.17) is 5.11 Å². The van der Waals surface area contributed by atoms with Gasteiger partial charge < -0.3 is 15.7 Å². The molecule has 4 nitrogen and oxygen atoms in total. The van der Waals surface area contributed by atoms with Crippen LogP contribution in [0.4, 0.5) is 0 Å². The number of rotatable bonds is 5. The van der Waals surface area contributed by atoms with E-state index < -0.39 is 5.54 Å². The van der Waals surface area contributed by atoms with Crippen molar-refractivity contribution in [3.05, 3.63) is 0 Å². The number of nitrogens with one attached hydrogen (secondary N) is 2. The average molecular weight is 174 g/mol. The van der Waals surface area contributed by atoms with E-state index in [2.05, 4.69) is 10.6 Å². The van der Waals surface area contributed by atoms with Crippen molar-refractivity contribution in [2.24, 2.45) is 0 Å². The number of hydrogen-bond donors (Lipinski definition) is 3. The molecule has 0 aromatic carbocycles. The smallest absolute Gasteiger partial charge is 0.234 e. The molecule has 0 aliphatic carbocycles. The summed E-state index contributed by atoms with van der Waals surface area (Å²) >= 11 is 0. The number of likely N-dealkylation sites (N-methyl/N-ethyl adjacent to an activating group) is 1. The highest BCUT2D eigenvalue weighted by atomic mass is 16.3. The van der Waals surface area contributed by atoms with Crippen LogP contribution in [0.25, 0.3) is 0 Å². The maximum Gasteiger partial charge on any atom is 0.234 e. The van der Waals surface area contributed by atoms with Gasteiger partial charge in [0.05, 0.1) is 18.7 Å². The predicted octanol–water partition coefficient (Wildman–Crippen LogP) is -0.517. The van der Waals surface area contributed by atoms with Crippen molar-refractivity contribution in [1.82, 2.24) is 10.6 Å². The SMILES string of the molecule is CCNCC(=O)NC(C)(C)CO. The van der Waals surface area contributed by atoms with Crippen molar-refractivity contribution in [1.29, 1.82) is 0 Å². The van der Waals surface area contributed by atoms with E-state index in [-0.39, 0.29) is 12.5 Å². The molecule has 3 N–H and O–H groups in total. The lowest BCUT2D eigenvalue weighted by molar-refractivity contribution is -0.122. The van der Waals surface area contributed by atoms with Gasteiger partial charge in [0.25, 0.3) is 0 Å². The van der Waals surface area contributed by atoms with Crippen LogP contribution in [0, 0.1) is 0 Å².